The third-order valence-corrected chi connectivity index (χ3v) is 2.87. The van der Waals surface area contributed by atoms with Gasteiger partial charge < -0.3 is 15.5 Å². The Bertz CT molecular complexity index is 503. The molecule has 0 unspecified atom stereocenters. The summed E-state index contributed by atoms with van der Waals surface area (Å²) in [6, 6.07) is 3.44. The van der Waals surface area contributed by atoms with Gasteiger partial charge in [-0.2, -0.15) is 0 Å². The summed E-state index contributed by atoms with van der Waals surface area (Å²) in [6.07, 6.45) is 1.07. The van der Waals surface area contributed by atoms with Crippen LogP contribution in [0.1, 0.15) is 10.4 Å². The van der Waals surface area contributed by atoms with Crippen LogP contribution in [0.15, 0.2) is 18.2 Å². The molecular formula is C10H13NO5S. The molecule has 0 saturated carbocycles. The second kappa shape index (κ2) is 5.05. The molecule has 0 aliphatic rings. The average molecular weight is 259 g/mol. The fourth-order valence-corrected chi connectivity index (χ4v) is 1.65. The van der Waals surface area contributed by atoms with Crippen LogP contribution in [0.25, 0.3) is 0 Å². The molecule has 3 N–H and O–H groups in total. The number of sulfone groups is 1. The van der Waals surface area contributed by atoms with E-state index in [-0.39, 0.29) is 29.4 Å². The van der Waals surface area contributed by atoms with Crippen LogP contribution >= 0.6 is 0 Å². The van der Waals surface area contributed by atoms with Crippen LogP contribution in [0.5, 0.6) is 11.5 Å². The largest absolute Gasteiger partial charge is 0.508 e. The van der Waals surface area contributed by atoms with Crippen molar-refractivity contribution in [1.82, 2.24) is 5.32 Å². The summed E-state index contributed by atoms with van der Waals surface area (Å²) in [7, 11) is -3.13. The van der Waals surface area contributed by atoms with Gasteiger partial charge in [0.2, 0.25) is 0 Å². The van der Waals surface area contributed by atoms with Crippen LogP contribution in [0.2, 0.25) is 0 Å². The first-order chi connectivity index (χ1) is 7.78. The van der Waals surface area contributed by atoms with Crippen molar-refractivity contribution in [1.29, 1.82) is 0 Å². The molecule has 0 aliphatic heterocycles. The summed E-state index contributed by atoms with van der Waals surface area (Å²) in [5.41, 5.74) is 0.0657. The molecule has 1 rings (SSSR count). The molecule has 6 nitrogen and oxygen atoms in total. The topological polar surface area (TPSA) is 104 Å². The Morgan fingerprint density at radius 2 is 1.76 bits per heavy atom. The van der Waals surface area contributed by atoms with Gasteiger partial charge >= 0.3 is 0 Å². The van der Waals surface area contributed by atoms with E-state index in [1.54, 1.807) is 0 Å². The number of phenols is 2. The van der Waals surface area contributed by atoms with E-state index < -0.39 is 15.7 Å². The molecule has 0 aliphatic carbocycles. The van der Waals surface area contributed by atoms with Gasteiger partial charge in [-0.05, 0) is 12.1 Å². The zero-order valence-corrected chi connectivity index (χ0v) is 9.99. The number of carbonyl (C=O) groups is 1. The lowest BCUT2D eigenvalue weighted by atomic mass is 10.2. The number of hydrogen-bond acceptors (Lipinski definition) is 5. The lowest BCUT2D eigenvalue weighted by Gasteiger charge is -2.05. The summed E-state index contributed by atoms with van der Waals surface area (Å²) < 4.78 is 21.7. The van der Waals surface area contributed by atoms with Crippen molar-refractivity contribution in [3.05, 3.63) is 23.8 Å². The predicted octanol–water partition coefficient (Wildman–Crippen LogP) is -0.128. The summed E-state index contributed by atoms with van der Waals surface area (Å²) in [5, 5.41) is 20.7. The first-order valence-electron chi connectivity index (χ1n) is 4.77. The molecule has 1 amide bonds. The van der Waals surface area contributed by atoms with E-state index in [2.05, 4.69) is 5.32 Å². The molecule has 0 fully saturated rings. The van der Waals surface area contributed by atoms with E-state index in [1.807, 2.05) is 0 Å². The van der Waals surface area contributed by atoms with Crippen molar-refractivity contribution >= 4 is 15.7 Å². The quantitative estimate of drug-likeness (QED) is 0.699. The van der Waals surface area contributed by atoms with Crippen molar-refractivity contribution in [3.63, 3.8) is 0 Å². The van der Waals surface area contributed by atoms with Gasteiger partial charge in [0.05, 0.1) is 5.75 Å². The predicted molar refractivity (Wildman–Crippen MR) is 61.8 cm³/mol. The summed E-state index contributed by atoms with van der Waals surface area (Å²) in [6.45, 7) is -0.0198. The molecule has 17 heavy (non-hydrogen) atoms. The minimum atomic E-state index is -3.13. The highest BCUT2D eigenvalue weighted by atomic mass is 32.2. The molecule has 0 heterocycles. The number of phenolic OH excluding ortho intramolecular Hbond substituents is 2. The van der Waals surface area contributed by atoms with Crippen molar-refractivity contribution < 1.29 is 23.4 Å². The number of nitrogens with one attached hydrogen (secondary N) is 1. The zero-order chi connectivity index (χ0) is 13.1. The molecule has 0 bridgehead atoms. The SMILES string of the molecule is CS(=O)(=O)CCNC(=O)c1cc(O)cc(O)c1. The van der Waals surface area contributed by atoms with Gasteiger partial charge in [-0.3, -0.25) is 4.79 Å². The standard InChI is InChI=1S/C10H13NO5S/c1-17(15,16)3-2-11-10(14)7-4-8(12)6-9(13)5-7/h4-6,12-13H,2-3H2,1H3,(H,11,14). The number of amides is 1. The number of carbonyl (C=O) groups excluding carboxylic acids is 1. The zero-order valence-electron chi connectivity index (χ0n) is 9.17. The molecule has 1 aromatic carbocycles. The molecule has 0 saturated heterocycles. The van der Waals surface area contributed by atoms with Gasteiger partial charge in [0.25, 0.3) is 5.91 Å². The number of benzene rings is 1. The molecule has 0 spiro atoms. The molecular weight excluding hydrogens is 246 g/mol. The molecule has 0 radical (unpaired) electrons. The van der Waals surface area contributed by atoms with E-state index in [1.165, 1.54) is 12.1 Å². The molecule has 0 aromatic heterocycles. The Balaban J connectivity index is 2.64. The first kappa shape index (κ1) is 13.3. The molecule has 94 valence electrons. The van der Waals surface area contributed by atoms with Gasteiger partial charge in [0.1, 0.15) is 21.3 Å². The minimum Gasteiger partial charge on any atom is -0.508 e. The Labute approximate surface area is 98.8 Å². The van der Waals surface area contributed by atoms with E-state index in [0.717, 1.165) is 12.3 Å². The lowest BCUT2D eigenvalue weighted by molar-refractivity contribution is 0.0955. The first-order valence-corrected chi connectivity index (χ1v) is 6.83. The van der Waals surface area contributed by atoms with Gasteiger partial charge in [-0.1, -0.05) is 0 Å². The Morgan fingerprint density at radius 3 is 2.24 bits per heavy atom. The average Bonchev–Trinajstić information content (AvgIpc) is 2.13. The monoisotopic (exact) mass is 259 g/mol. The fourth-order valence-electron chi connectivity index (χ4n) is 1.18. The van der Waals surface area contributed by atoms with Crippen molar-refractivity contribution in [3.8, 4) is 11.5 Å². The van der Waals surface area contributed by atoms with E-state index in [4.69, 9.17) is 10.2 Å². The van der Waals surface area contributed by atoms with Crippen LogP contribution in [-0.2, 0) is 9.84 Å². The Kier molecular flexibility index (Phi) is 3.95. The molecule has 7 heteroatoms. The van der Waals surface area contributed by atoms with E-state index >= 15 is 0 Å². The van der Waals surface area contributed by atoms with Crippen LogP contribution in [0, 0.1) is 0 Å². The maximum absolute atomic E-state index is 11.5. The van der Waals surface area contributed by atoms with E-state index in [9.17, 15) is 13.2 Å². The van der Waals surface area contributed by atoms with Gasteiger partial charge in [0.15, 0.2) is 0 Å². The summed E-state index contributed by atoms with van der Waals surface area (Å²) >= 11 is 0. The van der Waals surface area contributed by atoms with Crippen molar-refractivity contribution in [2.75, 3.05) is 18.6 Å². The van der Waals surface area contributed by atoms with E-state index in [0.29, 0.717) is 0 Å². The highest BCUT2D eigenvalue weighted by Gasteiger charge is 2.09. The van der Waals surface area contributed by atoms with Crippen LogP contribution in [0.3, 0.4) is 0 Å². The Morgan fingerprint density at radius 1 is 1.24 bits per heavy atom. The minimum absolute atomic E-state index is 0.0198. The number of aromatic hydroxyl groups is 2. The smallest absolute Gasteiger partial charge is 0.251 e. The number of hydrogen-bond donors (Lipinski definition) is 3. The van der Waals surface area contributed by atoms with Crippen LogP contribution in [-0.4, -0.2) is 43.1 Å². The fraction of sp³-hybridized carbons (Fsp3) is 0.300. The Hall–Kier alpha value is -1.76. The third-order valence-electron chi connectivity index (χ3n) is 1.92. The normalized spacial score (nSPS) is 11.1. The second-order valence-electron chi connectivity index (χ2n) is 3.62. The summed E-state index contributed by atoms with van der Waals surface area (Å²) in [4.78, 5) is 11.5. The summed E-state index contributed by atoms with van der Waals surface area (Å²) in [5.74, 6) is -1.19. The maximum atomic E-state index is 11.5. The van der Waals surface area contributed by atoms with Crippen molar-refractivity contribution in [2.45, 2.75) is 0 Å². The van der Waals surface area contributed by atoms with Crippen LogP contribution < -0.4 is 5.32 Å². The van der Waals surface area contributed by atoms with Crippen molar-refractivity contribution in [2.24, 2.45) is 0 Å². The number of rotatable bonds is 4. The molecule has 1 aromatic rings. The van der Waals surface area contributed by atoms with Gasteiger partial charge in [0, 0.05) is 24.4 Å². The highest BCUT2D eigenvalue weighted by molar-refractivity contribution is 7.90. The maximum Gasteiger partial charge on any atom is 0.251 e. The highest BCUT2D eigenvalue weighted by Crippen LogP contribution is 2.20. The lowest BCUT2D eigenvalue weighted by Crippen LogP contribution is -2.28. The van der Waals surface area contributed by atoms with Crippen LogP contribution in [0.4, 0.5) is 0 Å². The van der Waals surface area contributed by atoms with Gasteiger partial charge in [-0.25, -0.2) is 8.42 Å². The van der Waals surface area contributed by atoms with Gasteiger partial charge in [-0.15, -0.1) is 0 Å². The third kappa shape index (κ3) is 4.73. The molecule has 0 atom stereocenters. The second-order valence-corrected chi connectivity index (χ2v) is 5.88.